The highest BCUT2D eigenvalue weighted by molar-refractivity contribution is 7.99. The van der Waals surface area contributed by atoms with Crippen LogP contribution in [-0.4, -0.2) is 35.1 Å². The molecule has 0 aromatic heterocycles. The number of benzene rings is 2. The number of nitrogens with one attached hydrogen (secondary N) is 1. The molecule has 0 aliphatic carbocycles. The zero-order chi connectivity index (χ0) is 23.0. The van der Waals surface area contributed by atoms with E-state index in [1.807, 2.05) is 13.8 Å². The largest absolute Gasteiger partial charge is 0.354 e. The van der Waals surface area contributed by atoms with E-state index in [0.717, 1.165) is 11.1 Å². The molecule has 2 rings (SSSR count). The summed E-state index contributed by atoms with van der Waals surface area (Å²) in [5.74, 6) is 0.172. The second kappa shape index (κ2) is 12.3. The topological polar surface area (TPSA) is 49.4 Å². The third-order valence-electron chi connectivity index (χ3n) is 4.65. The summed E-state index contributed by atoms with van der Waals surface area (Å²) in [5, 5.41) is 3.98. The Morgan fingerprint density at radius 2 is 1.68 bits per heavy atom. The van der Waals surface area contributed by atoms with Crippen molar-refractivity contribution in [1.82, 2.24) is 10.2 Å². The van der Waals surface area contributed by atoms with E-state index in [1.54, 1.807) is 37.3 Å². The Hall–Kier alpha value is -1.76. The molecule has 0 aliphatic heterocycles. The third-order valence-corrected chi connectivity index (χ3v) is 6.30. The van der Waals surface area contributed by atoms with Crippen molar-refractivity contribution in [3.05, 3.63) is 69.5 Å². The Morgan fingerprint density at radius 1 is 1.06 bits per heavy atom. The van der Waals surface area contributed by atoms with Crippen molar-refractivity contribution in [3.63, 3.8) is 0 Å². The molecule has 1 N–H and O–H groups in total. The summed E-state index contributed by atoms with van der Waals surface area (Å²) >= 11 is 13.8. The summed E-state index contributed by atoms with van der Waals surface area (Å²) in [6.45, 7) is 6.45. The van der Waals surface area contributed by atoms with Gasteiger partial charge in [-0.1, -0.05) is 55.2 Å². The molecule has 2 aromatic carbocycles. The van der Waals surface area contributed by atoms with Gasteiger partial charge >= 0.3 is 0 Å². The molecule has 4 nitrogen and oxygen atoms in total. The molecular formula is C23H27Cl2FN2O2S. The van der Waals surface area contributed by atoms with E-state index in [0.29, 0.717) is 28.3 Å². The molecule has 2 aromatic rings. The molecule has 2 amide bonds. The van der Waals surface area contributed by atoms with E-state index in [-0.39, 0.29) is 29.9 Å². The van der Waals surface area contributed by atoms with Crippen LogP contribution in [0.2, 0.25) is 10.0 Å². The van der Waals surface area contributed by atoms with Crippen LogP contribution in [0.4, 0.5) is 4.39 Å². The van der Waals surface area contributed by atoms with Crippen molar-refractivity contribution in [1.29, 1.82) is 0 Å². The molecule has 168 valence electrons. The van der Waals surface area contributed by atoms with Gasteiger partial charge in [-0.3, -0.25) is 9.59 Å². The number of carbonyl (C=O) groups excluding carboxylic acids is 2. The number of nitrogens with zero attached hydrogens (tertiary/aromatic N) is 1. The maximum Gasteiger partial charge on any atom is 0.242 e. The van der Waals surface area contributed by atoms with Gasteiger partial charge in [0.05, 0.1) is 5.75 Å². The van der Waals surface area contributed by atoms with E-state index in [9.17, 15) is 14.0 Å². The number of carbonyl (C=O) groups is 2. The maximum absolute atomic E-state index is 13.3. The lowest BCUT2D eigenvalue weighted by atomic mass is 10.1. The molecule has 0 fully saturated rings. The molecule has 31 heavy (non-hydrogen) atoms. The van der Waals surface area contributed by atoms with E-state index < -0.39 is 6.04 Å². The quantitative estimate of drug-likeness (QED) is 0.480. The van der Waals surface area contributed by atoms with Crippen molar-refractivity contribution in [3.8, 4) is 0 Å². The number of rotatable bonds is 10. The minimum atomic E-state index is -0.666. The van der Waals surface area contributed by atoms with E-state index in [2.05, 4.69) is 5.32 Å². The fourth-order valence-corrected chi connectivity index (χ4v) is 4.46. The van der Waals surface area contributed by atoms with Crippen molar-refractivity contribution in [2.24, 2.45) is 5.92 Å². The molecule has 0 spiro atoms. The number of halogens is 3. The molecule has 0 radical (unpaired) electrons. The Balaban J connectivity index is 2.09. The predicted octanol–water partition coefficient (Wildman–Crippen LogP) is 5.56. The van der Waals surface area contributed by atoms with Crippen LogP contribution in [0, 0.1) is 11.7 Å². The lowest BCUT2D eigenvalue weighted by molar-refractivity contribution is -0.138. The van der Waals surface area contributed by atoms with Crippen LogP contribution >= 0.6 is 35.0 Å². The summed E-state index contributed by atoms with van der Waals surface area (Å²) in [6.07, 6.45) is 0. The van der Waals surface area contributed by atoms with E-state index in [4.69, 9.17) is 23.2 Å². The van der Waals surface area contributed by atoms with Crippen LogP contribution in [0.15, 0.2) is 42.5 Å². The lowest BCUT2D eigenvalue weighted by Crippen LogP contribution is -2.48. The molecule has 0 unspecified atom stereocenters. The minimum absolute atomic E-state index is 0.157. The molecule has 0 saturated heterocycles. The minimum Gasteiger partial charge on any atom is -0.354 e. The highest BCUT2D eigenvalue weighted by Crippen LogP contribution is 2.28. The fraction of sp³-hybridized carbons (Fsp3) is 0.391. The zero-order valence-corrected chi connectivity index (χ0v) is 20.2. The second-order valence-corrected chi connectivity index (χ2v) is 9.46. The van der Waals surface area contributed by atoms with Gasteiger partial charge in [0, 0.05) is 28.9 Å². The Morgan fingerprint density at radius 3 is 2.26 bits per heavy atom. The third kappa shape index (κ3) is 8.02. The van der Waals surface area contributed by atoms with Gasteiger partial charge < -0.3 is 10.2 Å². The lowest BCUT2D eigenvalue weighted by Gasteiger charge is -2.29. The van der Waals surface area contributed by atoms with Gasteiger partial charge in [-0.05, 0) is 48.2 Å². The number of amides is 2. The van der Waals surface area contributed by atoms with Crippen LogP contribution in [0.3, 0.4) is 0 Å². The van der Waals surface area contributed by atoms with Gasteiger partial charge in [0.15, 0.2) is 0 Å². The van der Waals surface area contributed by atoms with Gasteiger partial charge in [-0.2, -0.15) is 0 Å². The Bertz CT molecular complexity index is 873. The molecule has 0 saturated carbocycles. The number of thioether (sulfide) groups is 1. The van der Waals surface area contributed by atoms with Crippen LogP contribution < -0.4 is 5.32 Å². The van der Waals surface area contributed by atoms with Crippen LogP contribution in [0.1, 0.15) is 31.9 Å². The summed E-state index contributed by atoms with van der Waals surface area (Å²) in [6, 6.07) is 10.5. The molecular weight excluding hydrogens is 458 g/mol. The maximum atomic E-state index is 13.3. The van der Waals surface area contributed by atoms with Crippen LogP contribution in [0.5, 0.6) is 0 Å². The normalized spacial score (nSPS) is 12.0. The predicted molar refractivity (Wildman–Crippen MR) is 127 cm³/mol. The summed E-state index contributed by atoms with van der Waals surface area (Å²) < 4.78 is 13.3. The summed E-state index contributed by atoms with van der Waals surface area (Å²) in [7, 11) is 0. The van der Waals surface area contributed by atoms with Gasteiger partial charge in [-0.25, -0.2) is 4.39 Å². The standard InChI is InChI=1S/C23H27Cl2FN2O2S/c1-15(2)11-27-23(30)16(3)28(12-17-7-9-18(26)10-8-17)22(29)14-31-13-19-20(24)5-4-6-21(19)25/h4-10,15-16H,11-14H2,1-3H3,(H,27,30)/t16-/m0/s1. The smallest absolute Gasteiger partial charge is 0.242 e. The van der Waals surface area contributed by atoms with Crippen LogP contribution in [-0.2, 0) is 21.9 Å². The molecule has 0 heterocycles. The molecule has 0 aliphatic rings. The summed E-state index contributed by atoms with van der Waals surface area (Å²) in [5.41, 5.74) is 1.52. The first-order valence-electron chi connectivity index (χ1n) is 10.0. The number of hydrogen-bond acceptors (Lipinski definition) is 3. The highest BCUT2D eigenvalue weighted by Gasteiger charge is 2.26. The van der Waals surface area contributed by atoms with Crippen molar-refractivity contribution >= 4 is 46.8 Å². The van der Waals surface area contributed by atoms with Crippen molar-refractivity contribution < 1.29 is 14.0 Å². The molecule has 1 atom stereocenters. The summed E-state index contributed by atoms with van der Waals surface area (Å²) in [4.78, 5) is 27.2. The van der Waals surface area contributed by atoms with Gasteiger partial charge in [-0.15, -0.1) is 11.8 Å². The Kier molecular flexibility index (Phi) is 10.1. The van der Waals surface area contributed by atoms with Crippen LogP contribution in [0.25, 0.3) is 0 Å². The van der Waals surface area contributed by atoms with Crippen molar-refractivity contribution in [2.45, 2.75) is 39.1 Å². The number of hydrogen-bond donors (Lipinski definition) is 1. The van der Waals surface area contributed by atoms with Gasteiger partial charge in [0.2, 0.25) is 11.8 Å². The molecule has 8 heteroatoms. The first-order chi connectivity index (χ1) is 14.7. The van der Waals surface area contributed by atoms with Crippen molar-refractivity contribution in [2.75, 3.05) is 12.3 Å². The average molecular weight is 485 g/mol. The van der Waals surface area contributed by atoms with E-state index in [1.165, 1.54) is 28.8 Å². The highest BCUT2D eigenvalue weighted by atomic mass is 35.5. The first kappa shape index (κ1) is 25.5. The Labute approximate surface area is 197 Å². The first-order valence-corrected chi connectivity index (χ1v) is 11.9. The fourth-order valence-electron chi connectivity index (χ4n) is 2.82. The van der Waals surface area contributed by atoms with E-state index >= 15 is 0 Å². The second-order valence-electron chi connectivity index (χ2n) is 7.66. The van der Waals surface area contributed by atoms with Gasteiger partial charge in [0.1, 0.15) is 11.9 Å². The average Bonchev–Trinajstić information content (AvgIpc) is 2.73. The molecule has 0 bridgehead atoms. The SMILES string of the molecule is CC(C)CNC(=O)[C@H](C)N(Cc1ccc(F)cc1)C(=O)CSCc1c(Cl)cccc1Cl. The zero-order valence-electron chi connectivity index (χ0n) is 17.8. The monoisotopic (exact) mass is 484 g/mol. The van der Waals surface area contributed by atoms with Gasteiger partial charge in [0.25, 0.3) is 0 Å².